The van der Waals surface area contributed by atoms with Crippen LogP contribution in [0.3, 0.4) is 0 Å². The lowest BCUT2D eigenvalue weighted by atomic mass is 9.32. The lowest BCUT2D eigenvalue weighted by Gasteiger charge is -2.73. The van der Waals surface area contributed by atoms with E-state index >= 15 is 0 Å². The Morgan fingerprint density at radius 2 is 1.53 bits per heavy atom. The minimum atomic E-state index is -0.137. The molecule has 0 aromatic rings. The molecule has 3 heterocycles. The molecule has 5 saturated carbocycles. The average molecular weight is 716 g/mol. The summed E-state index contributed by atoms with van der Waals surface area (Å²) in [5, 5.41) is 5.19. The number of alkyl halides is 1. The van der Waals surface area contributed by atoms with Crippen molar-refractivity contribution in [2.45, 2.75) is 136 Å². The molecule has 8 aliphatic rings. The van der Waals surface area contributed by atoms with E-state index in [4.69, 9.17) is 16.1 Å². The second-order valence-electron chi connectivity index (χ2n) is 19.0. The van der Waals surface area contributed by atoms with Gasteiger partial charge in [-0.15, -0.1) is 0 Å². The summed E-state index contributed by atoms with van der Waals surface area (Å²) in [6, 6.07) is 0. The number of halogens is 1. The van der Waals surface area contributed by atoms with Crippen LogP contribution in [0.15, 0.2) is 12.2 Å². The van der Waals surface area contributed by atoms with Crippen LogP contribution in [-0.4, -0.2) is 65.2 Å². The van der Waals surface area contributed by atoms with Crippen LogP contribution in [0.1, 0.15) is 126 Å². The molecule has 8 rings (SSSR count). The molecule has 0 aromatic carbocycles. The van der Waals surface area contributed by atoms with Crippen molar-refractivity contribution < 1.29 is 19.1 Å². The molecule has 0 aromatic heterocycles. The zero-order valence-electron chi connectivity index (χ0n) is 30.6. The molecule has 0 radical (unpaired) electrons. The molecule has 0 N–H and O–H groups in total. The molecule has 264 valence electrons. The van der Waals surface area contributed by atoms with Crippen molar-refractivity contribution in [3.05, 3.63) is 12.2 Å². The summed E-state index contributed by atoms with van der Waals surface area (Å²) < 4.78 is 12.2. The van der Waals surface area contributed by atoms with Gasteiger partial charge < -0.3 is 9.47 Å². The standard InChI is InChI=1S/C40H63BrN2O4/c1-26(23-43-24-40(41)19-21-42(43)22-20-40)29-11-16-39(25-46-27(2)44)18-17-37(7)30(34(29)39)9-10-32-36(6)14-13-33(47-28(3)45)35(4,5)31(36)12-15-38(32,37)8/h29-34H,1,9-25H2,2-8H3/t29-,30+,31-,32?,33?,34+,36-,37+,38+,39+/m0/s1. The second-order valence-corrected chi connectivity index (χ2v) is 20.7. The number of fused-ring (bicyclic) bond motifs is 10. The predicted molar refractivity (Wildman–Crippen MR) is 190 cm³/mol. The Morgan fingerprint density at radius 3 is 2.19 bits per heavy atom. The molecule has 3 saturated heterocycles. The first-order valence-electron chi connectivity index (χ1n) is 19.2. The number of nitrogens with zero attached hydrogens (tertiary/aromatic N) is 2. The number of piperidine rings is 1. The summed E-state index contributed by atoms with van der Waals surface area (Å²) in [6.07, 6.45) is 14.3. The molecule has 6 nitrogen and oxygen atoms in total. The molecule has 7 heteroatoms. The highest BCUT2D eigenvalue weighted by Crippen LogP contribution is 2.77. The number of ether oxygens (including phenoxy) is 2. The van der Waals surface area contributed by atoms with E-state index in [9.17, 15) is 9.59 Å². The summed E-state index contributed by atoms with van der Waals surface area (Å²) in [4.78, 5) is 24.3. The Bertz CT molecular complexity index is 1290. The van der Waals surface area contributed by atoms with Crippen LogP contribution in [-0.2, 0) is 19.1 Å². The van der Waals surface area contributed by atoms with Gasteiger partial charge in [0.05, 0.1) is 6.61 Å². The number of hydrogen-bond donors (Lipinski definition) is 0. The van der Waals surface area contributed by atoms with E-state index < -0.39 is 0 Å². The van der Waals surface area contributed by atoms with Crippen LogP contribution < -0.4 is 0 Å². The second kappa shape index (κ2) is 11.6. The van der Waals surface area contributed by atoms with Gasteiger partial charge in [-0.3, -0.25) is 9.59 Å². The molecular weight excluding hydrogens is 652 g/mol. The molecule has 3 aliphatic heterocycles. The molecule has 2 bridgehead atoms. The Kier molecular flexibility index (Phi) is 8.49. The largest absolute Gasteiger partial charge is 0.465 e. The smallest absolute Gasteiger partial charge is 0.302 e. The van der Waals surface area contributed by atoms with Gasteiger partial charge >= 0.3 is 11.9 Å². The first-order chi connectivity index (χ1) is 22.0. The van der Waals surface area contributed by atoms with Crippen molar-refractivity contribution in [3.8, 4) is 0 Å². The molecule has 8 fully saturated rings. The van der Waals surface area contributed by atoms with Gasteiger partial charge in [-0.2, -0.15) is 0 Å². The van der Waals surface area contributed by atoms with Gasteiger partial charge in [0.25, 0.3) is 0 Å². The topological polar surface area (TPSA) is 59.1 Å². The Morgan fingerprint density at radius 1 is 0.809 bits per heavy atom. The van der Waals surface area contributed by atoms with Crippen LogP contribution in [0, 0.1) is 56.7 Å². The highest BCUT2D eigenvalue weighted by Gasteiger charge is 2.71. The SMILES string of the molecule is C=C(CN1CC2(Br)CCN1CC2)[C@@H]1CC[C@]2(COC(C)=O)CC[C@]3(C)[C@H](CCC4[C@@]5(C)CCC(OC(C)=O)C(C)(C)[C@@H]5CC[C@]43C)[C@@H]12. The molecule has 2 unspecified atom stereocenters. The fraction of sp³-hybridized carbons (Fsp3) is 0.900. The first kappa shape index (κ1) is 34.5. The van der Waals surface area contributed by atoms with Gasteiger partial charge in [0.15, 0.2) is 0 Å². The Labute approximate surface area is 293 Å². The van der Waals surface area contributed by atoms with Crippen molar-refractivity contribution >= 4 is 27.9 Å². The van der Waals surface area contributed by atoms with Crippen LogP contribution in [0.4, 0.5) is 0 Å². The zero-order chi connectivity index (χ0) is 33.8. The number of rotatable bonds is 6. The van der Waals surface area contributed by atoms with Crippen LogP contribution in [0.25, 0.3) is 0 Å². The van der Waals surface area contributed by atoms with E-state index in [-0.39, 0.29) is 49.4 Å². The Balaban J connectivity index is 1.19. The number of hydrogen-bond acceptors (Lipinski definition) is 6. The van der Waals surface area contributed by atoms with E-state index in [0.29, 0.717) is 36.2 Å². The first-order valence-corrected chi connectivity index (χ1v) is 19.9. The zero-order valence-corrected chi connectivity index (χ0v) is 32.2. The Hall–Kier alpha value is -0.920. The minimum absolute atomic E-state index is 0.0158. The predicted octanol–water partition coefficient (Wildman–Crippen LogP) is 8.58. The maximum absolute atomic E-state index is 12.3. The van der Waals surface area contributed by atoms with Crippen molar-refractivity contribution in [3.63, 3.8) is 0 Å². The highest BCUT2D eigenvalue weighted by atomic mass is 79.9. The van der Waals surface area contributed by atoms with Crippen LogP contribution in [0.5, 0.6) is 0 Å². The van der Waals surface area contributed by atoms with Gasteiger partial charge in [0.2, 0.25) is 0 Å². The van der Waals surface area contributed by atoms with Crippen molar-refractivity contribution in [2.75, 3.05) is 32.8 Å². The van der Waals surface area contributed by atoms with E-state index in [1.54, 1.807) is 13.8 Å². The van der Waals surface area contributed by atoms with E-state index in [1.807, 2.05) is 0 Å². The van der Waals surface area contributed by atoms with Crippen LogP contribution >= 0.6 is 15.9 Å². The third-order valence-electron chi connectivity index (χ3n) is 16.8. The fourth-order valence-corrected chi connectivity index (χ4v) is 15.0. The van der Waals surface area contributed by atoms with E-state index in [1.165, 1.54) is 56.9 Å². The van der Waals surface area contributed by atoms with Gasteiger partial charge in [-0.25, -0.2) is 10.0 Å². The van der Waals surface area contributed by atoms with Crippen molar-refractivity contribution in [1.29, 1.82) is 0 Å². The lowest BCUT2D eigenvalue weighted by Crippen LogP contribution is -2.67. The number of hydrazine groups is 1. The third kappa shape index (κ3) is 5.18. The fourth-order valence-electron chi connectivity index (χ4n) is 14.3. The summed E-state index contributed by atoms with van der Waals surface area (Å²) in [7, 11) is 0. The minimum Gasteiger partial charge on any atom is -0.465 e. The molecule has 0 spiro atoms. The number of carbonyl (C=O) groups is 2. The maximum Gasteiger partial charge on any atom is 0.302 e. The van der Waals surface area contributed by atoms with Gasteiger partial charge in [-0.1, -0.05) is 62.7 Å². The van der Waals surface area contributed by atoms with Gasteiger partial charge in [0, 0.05) is 55.2 Å². The normalized spacial score (nSPS) is 50.0. The van der Waals surface area contributed by atoms with Gasteiger partial charge in [0.1, 0.15) is 6.10 Å². The molecule has 5 aliphatic carbocycles. The average Bonchev–Trinajstić information content (AvgIpc) is 3.38. The summed E-state index contributed by atoms with van der Waals surface area (Å²) in [5.41, 5.74) is 2.21. The molecular formula is C40H63BrN2O4. The number of esters is 2. The highest BCUT2D eigenvalue weighted by molar-refractivity contribution is 9.10. The quantitative estimate of drug-likeness (QED) is 0.156. The van der Waals surface area contributed by atoms with Crippen LogP contribution in [0.2, 0.25) is 0 Å². The van der Waals surface area contributed by atoms with E-state index in [0.717, 1.165) is 51.9 Å². The monoisotopic (exact) mass is 714 g/mol. The number of carbonyl (C=O) groups excluding carboxylic acids is 2. The molecule has 0 amide bonds. The third-order valence-corrected chi connectivity index (χ3v) is 17.9. The van der Waals surface area contributed by atoms with Gasteiger partial charge in [-0.05, 0) is 123 Å². The molecule has 47 heavy (non-hydrogen) atoms. The molecule has 10 atom stereocenters. The van der Waals surface area contributed by atoms with Crippen molar-refractivity contribution in [2.24, 2.45) is 56.7 Å². The van der Waals surface area contributed by atoms with E-state index in [2.05, 4.69) is 60.6 Å². The summed E-state index contributed by atoms with van der Waals surface area (Å²) in [5.74, 6) is 2.57. The summed E-state index contributed by atoms with van der Waals surface area (Å²) >= 11 is 4.12. The lowest BCUT2D eigenvalue weighted by molar-refractivity contribution is -0.252. The van der Waals surface area contributed by atoms with Crippen molar-refractivity contribution in [1.82, 2.24) is 10.0 Å². The maximum atomic E-state index is 12.3. The summed E-state index contributed by atoms with van der Waals surface area (Å²) in [6.45, 7) is 25.7.